The average molecular weight is 739 g/mol. The zero-order chi connectivity index (χ0) is 37.7. The van der Waals surface area contributed by atoms with E-state index in [9.17, 15) is 26.7 Å². The third-order valence-electron chi connectivity index (χ3n) is 10.0. The van der Waals surface area contributed by atoms with Gasteiger partial charge in [-0.2, -0.15) is 13.2 Å². The summed E-state index contributed by atoms with van der Waals surface area (Å²) in [6.07, 6.45) is 5.35. The van der Waals surface area contributed by atoms with Crippen LogP contribution in [0.2, 0.25) is 0 Å². The molecule has 0 fully saturated rings. The lowest BCUT2D eigenvalue weighted by atomic mass is 9.93. The summed E-state index contributed by atoms with van der Waals surface area (Å²) in [6.45, 7) is 3.38. The van der Waals surface area contributed by atoms with Gasteiger partial charge in [-0.25, -0.2) is 18.7 Å². The second kappa shape index (κ2) is 16.2. The van der Waals surface area contributed by atoms with Crippen molar-refractivity contribution in [1.29, 1.82) is 0 Å². The first kappa shape index (κ1) is 36.7. The monoisotopic (exact) mass is 738 g/mol. The fraction of sp³-hybridized carbons (Fsp3) is 0.262. The van der Waals surface area contributed by atoms with Gasteiger partial charge in [0.1, 0.15) is 11.6 Å². The predicted molar refractivity (Wildman–Crippen MR) is 196 cm³/mol. The van der Waals surface area contributed by atoms with E-state index in [4.69, 9.17) is 0 Å². The van der Waals surface area contributed by atoms with Crippen molar-refractivity contribution in [3.8, 4) is 22.5 Å². The molecule has 0 atom stereocenters. The molecule has 8 rings (SSSR count). The number of hydrogen-bond acceptors (Lipinski definition) is 4. The molecule has 2 aliphatic rings. The first-order valence-electron chi connectivity index (χ1n) is 17.9. The maximum atomic E-state index is 13.1. The number of benzene rings is 4. The number of nitrogens with zero attached hydrogens (tertiary/aromatic N) is 5. The van der Waals surface area contributed by atoms with Gasteiger partial charge in [-0.15, -0.1) is 0 Å². The third-order valence-corrected chi connectivity index (χ3v) is 10.0. The Labute approximate surface area is 310 Å². The van der Waals surface area contributed by atoms with Crippen molar-refractivity contribution in [1.82, 2.24) is 29.3 Å². The van der Waals surface area contributed by atoms with Gasteiger partial charge in [-0.1, -0.05) is 60.7 Å². The number of imidazole rings is 2. The molecule has 0 bridgehead atoms. The van der Waals surface area contributed by atoms with Crippen LogP contribution >= 0.6 is 0 Å². The molecule has 7 nitrogen and oxygen atoms in total. The van der Waals surface area contributed by atoms with Crippen LogP contribution in [0.25, 0.3) is 22.5 Å². The molecular weight excluding hydrogens is 699 g/mol. The molecule has 0 saturated heterocycles. The van der Waals surface area contributed by atoms with Crippen LogP contribution in [0.3, 0.4) is 0 Å². The van der Waals surface area contributed by atoms with Crippen molar-refractivity contribution in [2.45, 2.75) is 58.0 Å². The quantitative estimate of drug-likeness (QED) is 0.161. The number of aryl methyl sites for hydroxylation is 4. The highest BCUT2D eigenvalue weighted by Crippen LogP contribution is 2.32. The van der Waals surface area contributed by atoms with E-state index in [0.29, 0.717) is 24.9 Å². The molecular formula is C42H39F5N6O. The molecule has 12 heteroatoms. The van der Waals surface area contributed by atoms with Crippen molar-refractivity contribution in [3.63, 3.8) is 0 Å². The van der Waals surface area contributed by atoms with E-state index >= 15 is 0 Å². The second-order valence-corrected chi connectivity index (χ2v) is 13.5. The van der Waals surface area contributed by atoms with Gasteiger partial charge in [-0.05, 0) is 89.9 Å². The number of hydrogen-bond donors (Lipinski definition) is 1. The third kappa shape index (κ3) is 8.44. The molecule has 4 aromatic carbocycles. The molecule has 0 aliphatic carbocycles. The van der Waals surface area contributed by atoms with E-state index in [1.54, 1.807) is 36.8 Å². The van der Waals surface area contributed by atoms with E-state index in [2.05, 4.69) is 38.1 Å². The highest BCUT2D eigenvalue weighted by atomic mass is 19.4. The summed E-state index contributed by atoms with van der Waals surface area (Å²) in [5.41, 5.74) is 10.8. The summed E-state index contributed by atoms with van der Waals surface area (Å²) in [5, 5.41) is 3.43. The number of alkyl halides is 3. The van der Waals surface area contributed by atoms with Crippen LogP contribution in [0.4, 0.5) is 22.0 Å². The van der Waals surface area contributed by atoms with Gasteiger partial charge < -0.3 is 19.4 Å². The summed E-state index contributed by atoms with van der Waals surface area (Å²) in [4.78, 5) is 21.0. The minimum Gasteiger partial charge on any atom is -0.330 e. The van der Waals surface area contributed by atoms with Crippen LogP contribution in [0.1, 0.15) is 33.4 Å². The lowest BCUT2D eigenvalue weighted by molar-refractivity contribution is -0.186. The Balaban J connectivity index is 0.000000171. The smallest absolute Gasteiger partial charge is 0.330 e. The Morgan fingerprint density at radius 2 is 1.20 bits per heavy atom. The molecule has 0 radical (unpaired) electrons. The highest BCUT2D eigenvalue weighted by molar-refractivity contribution is 5.82. The van der Waals surface area contributed by atoms with Gasteiger partial charge in [0.15, 0.2) is 0 Å². The Morgan fingerprint density at radius 1 is 0.685 bits per heavy atom. The zero-order valence-electron chi connectivity index (χ0n) is 29.5. The lowest BCUT2D eigenvalue weighted by Crippen LogP contribution is -2.43. The van der Waals surface area contributed by atoms with Crippen molar-refractivity contribution < 1.29 is 26.7 Å². The van der Waals surface area contributed by atoms with Gasteiger partial charge in [0.05, 0.1) is 36.4 Å². The van der Waals surface area contributed by atoms with Crippen molar-refractivity contribution in [2.75, 3.05) is 13.1 Å². The zero-order valence-corrected chi connectivity index (χ0v) is 29.5. The van der Waals surface area contributed by atoms with E-state index < -0.39 is 12.1 Å². The SMILES string of the molecule is Fc1ccc(CCn2cncc2-c2cccc3c2CCNC3)cc1.O=C(N1CCc2c(cccc2-c2cncn2CCc2ccc(F)cc2)C1)C(F)(F)F. The molecule has 4 heterocycles. The second-order valence-electron chi connectivity index (χ2n) is 13.5. The van der Waals surface area contributed by atoms with Crippen LogP contribution in [0.15, 0.2) is 110 Å². The van der Waals surface area contributed by atoms with Gasteiger partial charge in [-0.3, -0.25) is 4.79 Å². The Morgan fingerprint density at radius 3 is 1.74 bits per heavy atom. The summed E-state index contributed by atoms with van der Waals surface area (Å²) in [6, 6.07) is 25.0. The summed E-state index contributed by atoms with van der Waals surface area (Å²) >= 11 is 0. The number of nitrogens with one attached hydrogen (secondary N) is 1. The number of rotatable bonds is 8. The predicted octanol–water partition coefficient (Wildman–Crippen LogP) is 7.96. The molecule has 0 saturated carbocycles. The molecule has 0 spiro atoms. The van der Waals surface area contributed by atoms with E-state index in [-0.39, 0.29) is 24.7 Å². The maximum absolute atomic E-state index is 13.1. The van der Waals surface area contributed by atoms with E-state index in [0.717, 1.165) is 71.0 Å². The number of amides is 1. The molecule has 0 unspecified atom stereocenters. The van der Waals surface area contributed by atoms with Crippen LogP contribution < -0.4 is 5.32 Å². The molecule has 1 N–H and O–H groups in total. The first-order chi connectivity index (χ1) is 26.1. The fourth-order valence-electron chi connectivity index (χ4n) is 7.22. The number of aromatic nitrogens is 4. The minimum atomic E-state index is -4.87. The van der Waals surface area contributed by atoms with Gasteiger partial charge in [0.2, 0.25) is 0 Å². The average Bonchev–Trinajstić information content (AvgIpc) is 3.86. The number of fused-ring (bicyclic) bond motifs is 2. The highest BCUT2D eigenvalue weighted by Gasteiger charge is 2.43. The number of halogens is 5. The minimum absolute atomic E-state index is 0.0199. The lowest BCUT2D eigenvalue weighted by Gasteiger charge is -2.30. The van der Waals surface area contributed by atoms with E-state index in [1.165, 1.54) is 41.0 Å². The molecule has 2 aromatic heterocycles. The Kier molecular flexibility index (Phi) is 11.0. The van der Waals surface area contributed by atoms with Gasteiger partial charge >= 0.3 is 12.1 Å². The molecule has 2 aliphatic heterocycles. The summed E-state index contributed by atoms with van der Waals surface area (Å²) in [5.74, 6) is -2.27. The Bertz CT molecular complexity index is 2210. The van der Waals surface area contributed by atoms with E-state index in [1.807, 2.05) is 35.3 Å². The van der Waals surface area contributed by atoms with Crippen LogP contribution in [0.5, 0.6) is 0 Å². The van der Waals surface area contributed by atoms with Crippen molar-refractivity contribution in [3.05, 3.63) is 155 Å². The normalized spacial score (nSPS) is 13.8. The largest absolute Gasteiger partial charge is 0.471 e. The summed E-state index contributed by atoms with van der Waals surface area (Å²) < 4.78 is 68.7. The summed E-state index contributed by atoms with van der Waals surface area (Å²) in [7, 11) is 0. The fourth-order valence-corrected chi connectivity index (χ4v) is 7.22. The van der Waals surface area contributed by atoms with Crippen LogP contribution in [-0.2, 0) is 56.7 Å². The topological polar surface area (TPSA) is 68.0 Å². The van der Waals surface area contributed by atoms with Crippen molar-refractivity contribution >= 4 is 5.91 Å². The number of carbonyl (C=O) groups is 1. The van der Waals surface area contributed by atoms with Gasteiger partial charge in [0.25, 0.3) is 0 Å². The van der Waals surface area contributed by atoms with Crippen LogP contribution in [0, 0.1) is 11.6 Å². The Hall–Kier alpha value is -5.62. The maximum Gasteiger partial charge on any atom is 0.471 e. The molecule has 6 aromatic rings. The molecule has 278 valence electrons. The molecule has 54 heavy (non-hydrogen) atoms. The van der Waals surface area contributed by atoms with Gasteiger partial charge in [0, 0.05) is 43.9 Å². The molecule has 1 amide bonds. The van der Waals surface area contributed by atoms with Crippen LogP contribution in [-0.4, -0.2) is 49.2 Å². The first-order valence-corrected chi connectivity index (χ1v) is 17.9. The van der Waals surface area contributed by atoms with Crippen molar-refractivity contribution in [2.24, 2.45) is 0 Å². The standard InChI is InChI=1S/C22H19F4N3O.C20H20FN3/c23-17-6-4-15(5-7-17)8-10-29-14-27-12-20(29)19-3-1-2-16-13-28(11-9-18(16)19)21(30)22(24,25)26;21-17-6-4-15(5-7-17)9-11-24-14-23-13-20(24)19-3-1-2-16-12-22-10-8-18(16)19/h1-7,12,14H,8-11,13H2;1-7,13-14,22H,8-12H2. The number of carbonyl (C=O) groups excluding carboxylic acids is 1.